The van der Waals surface area contributed by atoms with E-state index in [0.717, 1.165) is 17.7 Å². The summed E-state index contributed by atoms with van der Waals surface area (Å²) in [6.45, 7) is 9.15. The minimum Gasteiger partial charge on any atom is -0.353 e. The van der Waals surface area contributed by atoms with Crippen molar-refractivity contribution in [1.82, 2.24) is 19.4 Å². The Kier molecular flexibility index (Phi) is 6.79. The molecule has 1 amide bonds. The van der Waals surface area contributed by atoms with Gasteiger partial charge in [0.1, 0.15) is 5.52 Å². The Balaban J connectivity index is 1.83. The van der Waals surface area contributed by atoms with Crippen LogP contribution in [-0.4, -0.2) is 37.6 Å². The van der Waals surface area contributed by atoms with E-state index < -0.39 is 0 Å². The zero-order valence-corrected chi connectivity index (χ0v) is 18.3. The molecule has 1 atom stereocenters. The first-order valence-electron chi connectivity index (χ1n) is 10.0. The highest BCUT2D eigenvalue weighted by molar-refractivity contribution is 7.99. The molecule has 7 heteroatoms. The fourth-order valence-corrected chi connectivity index (χ4v) is 4.26. The number of amides is 1. The molecular weight excluding hydrogens is 384 g/mol. The Hall–Kier alpha value is -2.54. The summed E-state index contributed by atoms with van der Waals surface area (Å²) in [5.74, 6) is 0.287. The highest BCUT2D eigenvalue weighted by Crippen LogP contribution is 2.23. The molecule has 0 spiro atoms. The van der Waals surface area contributed by atoms with Crippen LogP contribution in [0.3, 0.4) is 0 Å². The van der Waals surface area contributed by atoms with Crippen molar-refractivity contribution in [3.63, 3.8) is 0 Å². The number of nitrogens with zero attached hydrogens (tertiary/aromatic N) is 3. The summed E-state index contributed by atoms with van der Waals surface area (Å²) >= 11 is 1.34. The monoisotopic (exact) mass is 412 g/mol. The minimum absolute atomic E-state index is 0.00667. The van der Waals surface area contributed by atoms with Crippen molar-refractivity contribution in [2.45, 2.75) is 51.9 Å². The third kappa shape index (κ3) is 4.72. The molecule has 0 aliphatic carbocycles. The molecular formula is C22H28N4O2S. The normalized spacial score (nSPS) is 12.3. The van der Waals surface area contributed by atoms with Gasteiger partial charge in [0.05, 0.1) is 11.3 Å². The molecule has 154 valence electrons. The smallest absolute Gasteiger partial charge is 0.278 e. The van der Waals surface area contributed by atoms with E-state index in [1.165, 1.54) is 11.8 Å². The lowest BCUT2D eigenvalue weighted by molar-refractivity contribution is -0.128. The summed E-state index contributed by atoms with van der Waals surface area (Å²) in [4.78, 5) is 35.5. The molecule has 0 unspecified atom stereocenters. The van der Waals surface area contributed by atoms with Gasteiger partial charge in [-0.15, -0.1) is 0 Å². The van der Waals surface area contributed by atoms with Crippen molar-refractivity contribution < 1.29 is 4.79 Å². The van der Waals surface area contributed by atoms with Gasteiger partial charge in [-0.25, -0.2) is 4.98 Å². The quantitative estimate of drug-likeness (QED) is 0.446. The number of H-pyrrole nitrogens is 1. The zero-order valence-electron chi connectivity index (χ0n) is 17.4. The molecule has 0 radical (unpaired) electrons. The highest BCUT2D eigenvalue weighted by atomic mass is 32.2. The number of carbonyl (C=O) groups excluding carboxylic acids is 1. The summed E-state index contributed by atoms with van der Waals surface area (Å²) in [7, 11) is 0. The van der Waals surface area contributed by atoms with E-state index in [2.05, 4.69) is 4.98 Å². The predicted octanol–water partition coefficient (Wildman–Crippen LogP) is 4.14. The second-order valence-corrected chi connectivity index (χ2v) is 8.16. The van der Waals surface area contributed by atoms with Crippen molar-refractivity contribution in [1.29, 1.82) is 0 Å². The van der Waals surface area contributed by atoms with Crippen LogP contribution in [-0.2, 0) is 11.3 Å². The molecule has 0 bridgehead atoms. The number of fused-ring (bicyclic) bond motifs is 1. The number of thioether (sulfide) groups is 1. The molecule has 1 aromatic carbocycles. The number of aryl methyl sites for hydroxylation is 1. The summed E-state index contributed by atoms with van der Waals surface area (Å²) < 4.78 is 1.71. The van der Waals surface area contributed by atoms with E-state index in [4.69, 9.17) is 4.98 Å². The van der Waals surface area contributed by atoms with Gasteiger partial charge in [0.25, 0.3) is 5.56 Å². The molecule has 0 aliphatic heterocycles. The Bertz CT molecular complexity index is 1040. The summed E-state index contributed by atoms with van der Waals surface area (Å²) in [5.41, 5.74) is 3.10. The number of hydrogen-bond acceptors (Lipinski definition) is 4. The Morgan fingerprint density at radius 2 is 2.00 bits per heavy atom. The number of hydrogen-bond donors (Lipinski definition) is 1. The predicted molar refractivity (Wildman–Crippen MR) is 118 cm³/mol. The van der Waals surface area contributed by atoms with Crippen LogP contribution in [0.5, 0.6) is 0 Å². The van der Waals surface area contributed by atoms with E-state index in [9.17, 15) is 9.59 Å². The first-order valence-corrected chi connectivity index (χ1v) is 11.0. The van der Waals surface area contributed by atoms with Crippen molar-refractivity contribution >= 4 is 28.7 Å². The Morgan fingerprint density at radius 3 is 2.66 bits per heavy atom. The van der Waals surface area contributed by atoms with E-state index in [1.54, 1.807) is 4.57 Å². The zero-order chi connectivity index (χ0) is 21.0. The fourth-order valence-electron chi connectivity index (χ4n) is 3.26. The number of rotatable bonds is 8. The molecule has 6 nitrogen and oxygen atoms in total. The maximum Gasteiger partial charge on any atom is 0.278 e. The first-order chi connectivity index (χ1) is 13.9. The second-order valence-electron chi connectivity index (χ2n) is 7.22. The average Bonchev–Trinajstić information content (AvgIpc) is 3.11. The summed E-state index contributed by atoms with van der Waals surface area (Å²) in [6.07, 6.45) is 0.809. The molecule has 2 aromatic heterocycles. The maximum absolute atomic E-state index is 13.0. The molecule has 1 N–H and O–H groups in total. The molecule has 0 aliphatic rings. The van der Waals surface area contributed by atoms with Gasteiger partial charge in [0.15, 0.2) is 5.16 Å². The largest absolute Gasteiger partial charge is 0.353 e. The van der Waals surface area contributed by atoms with E-state index in [1.807, 2.05) is 69.0 Å². The lowest BCUT2D eigenvalue weighted by atomic mass is 10.2. The van der Waals surface area contributed by atoms with Gasteiger partial charge in [-0.2, -0.15) is 0 Å². The first kappa shape index (κ1) is 21.2. The number of aromatic amines is 1. The maximum atomic E-state index is 13.0. The number of carbonyl (C=O) groups is 1. The SMILES string of the molecule is CC[C@H](C)n1c(SCC(=O)N(CC)Cc2ccccc2)nc2cc(C)[nH]c2c1=O. The van der Waals surface area contributed by atoms with Crippen LogP contribution in [0, 0.1) is 6.92 Å². The molecule has 2 heterocycles. The average molecular weight is 413 g/mol. The van der Waals surface area contributed by atoms with Gasteiger partial charge in [0.2, 0.25) is 5.91 Å². The van der Waals surface area contributed by atoms with Crippen LogP contribution in [0.25, 0.3) is 11.0 Å². The Labute approximate surface area is 175 Å². The topological polar surface area (TPSA) is 71.0 Å². The highest BCUT2D eigenvalue weighted by Gasteiger charge is 2.19. The second kappa shape index (κ2) is 9.31. The van der Waals surface area contributed by atoms with Crippen LogP contribution >= 0.6 is 11.8 Å². The van der Waals surface area contributed by atoms with Crippen LogP contribution < -0.4 is 5.56 Å². The van der Waals surface area contributed by atoms with Crippen molar-refractivity contribution in [2.75, 3.05) is 12.3 Å². The summed E-state index contributed by atoms with van der Waals surface area (Å²) in [6, 6.07) is 11.8. The Morgan fingerprint density at radius 1 is 1.28 bits per heavy atom. The lowest BCUT2D eigenvalue weighted by Crippen LogP contribution is -2.32. The van der Waals surface area contributed by atoms with Gasteiger partial charge in [-0.05, 0) is 38.8 Å². The lowest BCUT2D eigenvalue weighted by Gasteiger charge is -2.22. The minimum atomic E-state index is -0.0796. The number of benzene rings is 1. The van der Waals surface area contributed by atoms with Crippen LogP contribution in [0.2, 0.25) is 0 Å². The third-order valence-corrected chi connectivity index (χ3v) is 6.03. The van der Waals surface area contributed by atoms with Gasteiger partial charge in [-0.1, -0.05) is 49.0 Å². The van der Waals surface area contributed by atoms with Crippen LogP contribution in [0.4, 0.5) is 0 Å². The van der Waals surface area contributed by atoms with Gasteiger partial charge in [0, 0.05) is 24.8 Å². The van der Waals surface area contributed by atoms with Crippen molar-refractivity contribution in [3.8, 4) is 0 Å². The van der Waals surface area contributed by atoms with Crippen LogP contribution in [0.1, 0.15) is 44.5 Å². The molecule has 0 saturated carbocycles. The molecule has 29 heavy (non-hydrogen) atoms. The van der Waals surface area contributed by atoms with Gasteiger partial charge >= 0.3 is 0 Å². The molecule has 0 saturated heterocycles. The van der Waals surface area contributed by atoms with Gasteiger partial charge < -0.3 is 9.88 Å². The summed E-state index contributed by atoms with van der Waals surface area (Å²) in [5, 5.41) is 0.597. The van der Waals surface area contributed by atoms with Crippen LogP contribution in [0.15, 0.2) is 46.3 Å². The standard InChI is InChI=1S/C22H28N4O2S/c1-5-16(4)26-21(28)20-18(12-15(3)23-20)24-22(26)29-14-19(27)25(6-2)13-17-10-8-7-9-11-17/h7-12,16,23H,5-6,13-14H2,1-4H3/t16-/m0/s1. The van der Waals surface area contributed by atoms with E-state index in [-0.39, 0.29) is 23.3 Å². The number of nitrogens with one attached hydrogen (secondary N) is 1. The van der Waals surface area contributed by atoms with Crippen molar-refractivity contribution in [3.05, 3.63) is 58.0 Å². The van der Waals surface area contributed by atoms with Gasteiger partial charge in [-0.3, -0.25) is 14.2 Å². The fraction of sp³-hybridized carbons (Fsp3) is 0.409. The number of aromatic nitrogens is 3. The van der Waals surface area contributed by atoms with Crippen molar-refractivity contribution in [2.24, 2.45) is 0 Å². The van der Waals surface area contributed by atoms with E-state index in [0.29, 0.717) is 29.3 Å². The van der Waals surface area contributed by atoms with E-state index >= 15 is 0 Å². The molecule has 3 rings (SSSR count). The molecule has 3 aromatic rings. The third-order valence-electron chi connectivity index (χ3n) is 5.09. The molecule has 0 fully saturated rings.